The van der Waals surface area contributed by atoms with Crippen LogP contribution in [0.3, 0.4) is 0 Å². The molecule has 1 aliphatic rings. The normalized spacial score (nSPS) is 16.2. The molecule has 2 heterocycles. The maximum atomic E-state index is 12.4. The summed E-state index contributed by atoms with van der Waals surface area (Å²) in [7, 11) is 0. The van der Waals surface area contributed by atoms with Crippen LogP contribution < -0.4 is 10.6 Å². The van der Waals surface area contributed by atoms with E-state index in [2.05, 4.69) is 30.6 Å². The predicted molar refractivity (Wildman–Crippen MR) is 115 cm³/mol. The number of carbonyl (C=O) groups is 2. The van der Waals surface area contributed by atoms with Crippen molar-refractivity contribution in [3.05, 3.63) is 58.7 Å². The van der Waals surface area contributed by atoms with E-state index in [-0.39, 0.29) is 23.7 Å². The SMILES string of the molecule is CCC(C)C(=O)Nc1nc2c([nH]1)CCc1[nH]c(NC(=O)c3ccccc3)nc1C2C. The van der Waals surface area contributed by atoms with Crippen molar-refractivity contribution < 1.29 is 9.59 Å². The topological polar surface area (TPSA) is 116 Å². The summed E-state index contributed by atoms with van der Waals surface area (Å²) in [6, 6.07) is 9.04. The summed E-state index contributed by atoms with van der Waals surface area (Å²) in [6.45, 7) is 5.91. The zero-order valence-electron chi connectivity index (χ0n) is 17.4. The molecule has 4 rings (SSSR count). The molecule has 0 radical (unpaired) electrons. The van der Waals surface area contributed by atoms with Crippen LogP contribution in [0.25, 0.3) is 0 Å². The van der Waals surface area contributed by atoms with E-state index in [0.717, 1.165) is 42.0 Å². The average molecular weight is 406 g/mol. The number of nitrogens with one attached hydrogen (secondary N) is 4. The van der Waals surface area contributed by atoms with E-state index in [1.807, 2.05) is 39.0 Å². The standard InChI is InChI=1S/C22H26N6O2/c1-4-12(2)19(29)27-21-23-15-10-11-16-18(13(3)17(15)25-21)26-22(24-16)28-20(30)14-8-6-5-7-9-14/h5-9,12-13H,4,10-11H2,1-3H3,(H2,23,25,27,29)(H2,24,26,28,30). The fraction of sp³-hybridized carbons (Fsp3) is 0.364. The van der Waals surface area contributed by atoms with Crippen LogP contribution >= 0.6 is 0 Å². The second-order valence-electron chi connectivity index (χ2n) is 7.74. The third-order valence-electron chi connectivity index (χ3n) is 5.64. The van der Waals surface area contributed by atoms with Crippen molar-refractivity contribution >= 4 is 23.7 Å². The first-order chi connectivity index (χ1) is 14.5. The number of aryl methyl sites for hydroxylation is 2. The number of nitrogens with zero attached hydrogens (tertiary/aromatic N) is 2. The number of hydrogen-bond donors (Lipinski definition) is 4. The maximum absolute atomic E-state index is 12.4. The maximum Gasteiger partial charge on any atom is 0.257 e. The summed E-state index contributed by atoms with van der Waals surface area (Å²) in [5, 5.41) is 5.71. The van der Waals surface area contributed by atoms with Crippen molar-refractivity contribution in [3.8, 4) is 0 Å². The lowest BCUT2D eigenvalue weighted by molar-refractivity contribution is -0.119. The lowest BCUT2D eigenvalue weighted by atomic mass is 10.0. The molecule has 156 valence electrons. The Labute approximate surface area is 174 Å². The van der Waals surface area contributed by atoms with E-state index in [4.69, 9.17) is 0 Å². The van der Waals surface area contributed by atoms with Gasteiger partial charge in [0.1, 0.15) is 0 Å². The van der Waals surface area contributed by atoms with Gasteiger partial charge in [-0.25, -0.2) is 9.97 Å². The van der Waals surface area contributed by atoms with Crippen molar-refractivity contribution in [1.82, 2.24) is 19.9 Å². The van der Waals surface area contributed by atoms with Gasteiger partial charge >= 0.3 is 0 Å². The van der Waals surface area contributed by atoms with Crippen LogP contribution in [0, 0.1) is 5.92 Å². The minimum atomic E-state index is -0.206. The molecule has 30 heavy (non-hydrogen) atoms. The number of hydrogen-bond acceptors (Lipinski definition) is 4. The molecule has 0 aliphatic heterocycles. The van der Waals surface area contributed by atoms with Crippen LogP contribution in [0.15, 0.2) is 30.3 Å². The summed E-state index contributed by atoms with van der Waals surface area (Å²) >= 11 is 0. The zero-order chi connectivity index (χ0) is 21.3. The van der Waals surface area contributed by atoms with Gasteiger partial charge in [0.15, 0.2) is 0 Å². The highest BCUT2D eigenvalue weighted by Crippen LogP contribution is 2.33. The van der Waals surface area contributed by atoms with Gasteiger partial charge in [-0.15, -0.1) is 0 Å². The predicted octanol–water partition coefficient (Wildman–Crippen LogP) is 3.62. The Balaban J connectivity index is 1.53. The number of rotatable bonds is 5. The quantitative estimate of drug-likeness (QED) is 0.518. The molecular weight excluding hydrogens is 380 g/mol. The average Bonchev–Trinajstić information content (AvgIpc) is 3.32. The van der Waals surface area contributed by atoms with Gasteiger partial charge in [0.05, 0.1) is 11.4 Å². The summed E-state index contributed by atoms with van der Waals surface area (Å²) < 4.78 is 0. The van der Waals surface area contributed by atoms with Gasteiger partial charge < -0.3 is 9.97 Å². The summed E-state index contributed by atoms with van der Waals surface area (Å²) in [5.74, 6) is 0.532. The Bertz CT molecular complexity index is 1070. The highest BCUT2D eigenvalue weighted by Gasteiger charge is 2.28. The summed E-state index contributed by atoms with van der Waals surface area (Å²) in [6.07, 6.45) is 2.26. The first kappa shape index (κ1) is 19.9. The molecule has 1 aliphatic carbocycles. The Kier molecular flexibility index (Phi) is 5.39. The van der Waals surface area contributed by atoms with Gasteiger partial charge in [0, 0.05) is 28.8 Å². The molecule has 0 spiro atoms. The number of fused-ring (bicyclic) bond motifs is 2. The molecule has 2 aromatic heterocycles. The van der Waals surface area contributed by atoms with Gasteiger partial charge in [0.2, 0.25) is 17.8 Å². The van der Waals surface area contributed by atoms with Crippen molar-refractivity contribution in [2.24, 2.45) is 5.92 Å². The first-order valence-electron chi connectivity index (χ1n) is 10.3. The zero-order valence-corrected chi connectivity index (χ0v) is 17.4. The van der Waals surface area contributed by atoms with E-state index >= 15 is 0 Å². The van der Waals surface area contributed by atoms with Crippen LogP contribution in [0.1, 0.15) is 66.2 Å². The number of anilines is 2. The van der Waals surface area contributed by atoms with Crippen LogP contribution in [0.5, 0.6) is 0 Å². The van der Waals surface area contributed by atoms with Gasteiger partial charge in [-0.2, -0.15) is 0 Å². The molecule has 0 fully saturated rings. The number of aromatic amines is 2. The Morgan fingerprint density at radius 1 is 1.03 bits per heavy atom. The number of imidazole rings is 2. The summed E-state index contributed by atoms with van der Waals surface area (Å²) in [5.41, 5.74) is 4.31. The smallest absolute Gasteiger partial charge is 0.257 e. The molecule has 3 aromatic rings. The van der Waals surface area contributed by atoms with Crippen molar-refractivity contribution in [2.75, 3.05) is 10.6 Å². The monoisotopic (exact) mass is 406 g/mol. The Morgan fingerprint density at radius 3 is 2.17 bits per heavy atom. The van der Waals surface area contributed by atoms with E-state index in [1.54, 1.807) is 12.1 Å². The van der Waals surface area contributed by atoms with Gasteiger partial charge in [-0.3, -0.25) is 20.2 Å². The fourth-order valence-electron chi connectivity index (χ4n) is 3.64. The van der Waals surface area contributed by atoms with Crippen molar-refractivity contribution in [3.63, 3.8) is 0 Å². The summed E-state index contributed by atoms with van der Waals surface area (Å²) in [4.78, 5) is 40.4. The van der Waals surface area contributed by atoms with Crippen LogP contribution in [-0.2, 0) is 17.6 Å². The largest absolute Gasteiger partial charge is 0.328 e. The number of amides is 2. The highest BCUT2D eigenvalue weighted by atomic mass is 16.2. The van der Waals surface area contributed by atoms with Gasteiger partial charge in [0.25, 0.3) is 5.91 Å². The molecule has 4 N–H and O–H groups in total. The Morgan fingerprint density at radius 2 is 1.60 bits per heavy atom. The second-order valence-corrected chi connectivity index (χ2v) is 7.74. The van der Waals surface area contributed by atoms with E-state index in [9.17, 15) is 9.59 Å². The van der Waals surface area contributed by atoms with Crippen LogP contribution in [0.4, 0.5) is 11.9 Å². The van der Waals surface area contributed by atoms with E-state index < -0.39 is 0 Å². The molecular formula is C22H26N6O2. The molecule has 2 amide bonds. The lowest BCUT2D eigenvalue weighted by Gasteiger charge is -2.08. The molecule has 2 atom stereocenters. The van der Waals surface area contributed by atoms with Crippen molar-refractivity contribution in [2.45, 2.75) is 46.0 Å². The lowest BCUT2D eigenvalue weighted by Crippen LogP contribution is -2.20. The van der Waals surface area contributed by atoms with Crippen LogP contribution in [0.2, 0.25) is 0 Å². The fourth-order valence-corrected chi connectivity index (χ4v) is 3.64. The van der Waals surface area contributed by atoms with Gasteiger partial charge in [-0.05, 0) is 31.4 Å². The van der Waals surface area contributed by atoms with Crippen molar-refractivity contribution in [1.29, 1.82) is 0 Å². The molecule has 1 aromatic carbocycles. The first-order valence-corrected chi connectivity index (χ1v) is 10.3. The molecule has 0 bridgehead atoms. The number of H-pyrrole nitrogens is 2. The minimum absolute atomic E-state index is 0.0413. The molecule has 0 saturated heterocycles. The minimum Gasteiger partial charge on any atom is -0.328 e. The van der Waals surface area contributed by atoms with Crippen LogP contribution in [-0.4, -0.2) is 31.8 Å². The third kappa shape index (κ3) is 3.85. The molecule has 0 saturated carbocycles. The molecule has 8 heteroatoms. The molecule has 8 nitrogen and oxygen atoms in total. The number of benzene rings is 1. The van der Waals surface area contributed by atoms with E-state index in [0.29, 0.717) is 17.5 Å². The van der Waals surface area contributed by atoms with Gasteiger partial charge in [-0.1, -0.05) is 39.0 Å². The Hall–Kier alpha value is -3.42. The molecule has 2 unspecified atom stereocenters. The second kappa shape index (κ2) is 8.14. The number of aromatic nitrogens is 4. The number of carbonyl (C=O) groups excluding carboxylic acids is 2. The third-order valence-corrected chi connectivity index (χ3v) is 5.64. The van der Waals surface area contributed by atoms with E-state index in [1.165, 1.54) is 0 Å². The highest BCUT2D eigenvalue weighted by molar-refractivity contribution is 6.03.